The zero-order chi connectivity index (χ0) is 9.28. The summed E-state index contributed by atoms with van der Waals surface area (Å²) in [6, 6.07) is 0. The minimum absolute atomic E-state index is 0.793. The largest absolute Gasteiger partial charge is 0.291 e. The van der Waals surface area contributed by atoms with Crippen LogP contribution in [0.3, 0.4) is 0 Å². The maximum absolute atomic E-state index is 4.78. The lowest BCUT2D eigenvalue weighted by atomic mass is 10.0. The van der Waals surface area contributed by atoms with Crippen LogP contribution in [0.25, 0.3) is 4.96 Å². The number of rotatable bonds is 0. The van der Waals surface area contributed by atoms with Gasteiger partial charge in [0, 0.05) is 22.9 Å². The van der Waals surface area contributed by atoms with E-state index in [1.807, 2.05) is 0 Å². The molecule has 4 rings (SSSR count). The standard InChI is InChI=1S/C11H12N2S/c1-6-5-14-11-12-9-7-2-3-8(4-7)10(9)13(6)11/h5,7-8H,2-4H2,1H3. The van der Waals surface area contributed by atoms with E-state index in [9.17, 15) is 0 Å². The molecule has 2 nitrogen and oxygen atoms in total. The van der Waals surface area contributed by atoms with E-state index in [1.165, 1.54) is 35.6 Å². The molecule has 0 radical (unpaired) electrons. The zero-order valence-corrected chi connectivity index (χ0v) is 8.97. The molecule has 14 heavy (non-hydrogen) atoms. The van der Waals surface area contributed by atoms with Crippen molar-refractivity contribution in [1.29, 1.82) is 0 Å². The second-order valence-electron chi connectivity index (χ2n) is 4.58. The first-order chi connectivity index (χ1) is 6.84. The van der Waals surface area contributed by atoms with Crippen LogP contribution in [-0.4, -0.2) is 9.38 Å². The highest BCUT2D eigenvalue weighted by Crippen LogP contribution is 2.53. The summed E-state index contributed by atoms with van der Waals surface area (Å²) in [5, 5.41) is 2.22. The van der Waals surface area contributed by atoms with Crippen LogP contribution in [0.15, 0.2) is 5.38 Å². The maximum Gasteiger partial charge on any atom is 0.194 e. The van der Waals surface area contributed by atoms with Gasteiger partial charge in [0.25, 0.3) is 0 Å². The van der Waals surface area contributed by atoms with Crippen molar-refractivity contribution in [1.82, 2.24) is 9.38 Å². The van der Waals surface area contributed by atoms with Gasteiger partial charge in [-0.15, -0.1) is 11.3 Å². The SMILES string of the molecule is Cc1csc2nc3c(n12)C1CCC3C1. The van der Waals surface area contributed by atoms with Crippen molar-refractivity contribution in [2.45, 2.75) is 38.0 Å². The molecule has 0 aromatic carbocycles. The predicted octanol–water partition coefficient (Wildman–Crippen LogP) is 3.07. The third kappa shape index (κ3) is 0.682. The van der Waals surface area contributed by atoms with Crippen LogP contribution in [0.1, 0.15) is 48.2 Å². The van der Waals surface area contributed by atoms with E-state index in [4.69, 9.17) is 4.98 Å². The highest BCUT2D eigenvalue weighted by atomic mass is 32.1. The summed E-state index contributed by atoms with van der Waals surface area (Å²) in [5.74, 6) is 1.61. The van der Waals surface area contributed by atoms with E-state index in [-0.39, 0.29) is 0 Å². The quantitative estimate of drug-likeness (QED) is 0.644. The van der Waals surface area contributed by atoms with E-state index < -0.39 is 0 Å². The molecule has 2 atom stereocenters. The number of aromatic nitrogens is 2. The van der Waals surface area contributed by atoms with E-state index in [2.05, 4.69) is 16.7 Å². The molecule has 2 aromatic heterocycles. The van der Waals surface area contributed by atoms with E-state index in [0.29, 0.717) is 0 Å². The van der Waals surface area contributed by atoms with Crippen LogP contribution in [-0.2, 0) is 0 Å². The Morgan fingerprint density at radius 2 is 2.29 bits per heavy atom. The number of imidazole rings is 1. The Morgan fingerprint density at radius 3 is 3.21 bits per heavy atom. The predicted molar refractivity (Wildman–Crippen MR) is 57.1 cm³/mol. The molecular weight excluding hydrogens is 192 g/mol. The second-order valence-corrected chi connectivity index (χ2v) is 5.42. The Morgan fingerprint density at radius 1 is 1.43 bits per heavy atom. The molecule has 2 aliphatic rings. The molecule has 2 aromatic rings. The summed E-state index contributed by atoms with van der Waals surface area (Å²) in [6.45, 7) is 2.19. The Kier molecular flexibility index (Phi) is 1.18. The first-order valence-corrected chi connectivity index (χ1v) is 6.19. The Bertz CT molecular complexity index is 523. The van der Waals surface area contributed by atoms with Crippen LogP contribution in [0.5, 0.6) is 0 Å². The summed E-state index contributed by atoms with van der Waals surface area (Å²) in [6.07, 6.45) is 4.14. The Balaban J connectivity index is 2.15. The molecule has 2 unspecified atom stereocenters. The number of fused-ring (bicyclic) bond motifs is 7. The fraction of sp³-hybridized carbons (Fsp3) is 0.545. The van der Waals surface area contributed by atoms with Crippen molar-refractivity contribution in [3.05, 3.63) is 22.5 Å². The van der Waals surface area contributed by atoms with E-state index in [1.54, 1.807) is 17.0 Å². The fourth-order valence-corrected chi connectivity index (χ4v) is 4.09. The van der Waals surface area contributed by atoms with Gasteiger partial charge in [0.1, 0.15) is 0 Å². The van der Waals surface area contributed by atoms with Gasteiger partial charge >= 0.3 is 0 Å². The van der Waals surface area contributed by atoms with Gasteiger partial charge in [0.2, 0.25) is 0 Å². The molecule has 0 N–H and O–H groups in total. The van der Waals surface area contributed by atoms with Crippen molar-refractivity contribution >= 4 is 16.3 Å². The van der Waals surface area contributed by atoms with Gasteiger partial charge in [-0.05, 0) is 26.2 Å². The number of thiazole rings is 1. The first kappa shape index (κ1) is 7.46. The summed E-state index contributed by atoms with van der Waals surface area (Å²) in [4.78, 5) is 5.99. The maximum atomic E-state index is 4.78. The molecule has 0 aliphatic heterocycles. The summed E-state index contributed by atoms with van der Waals surface area (Å²) >= 11 is 1.78. The highest BCUT2D eigenvalue weighted by Gasteiger charge is 2.41. The molecule has 2 bridgehead atoms. The van der Waals surface area contributed by atoms with Crippen molar-refractivity contribution in [2.24, 2.45) is 0 Å². The van der Waals surface area contributed by atoms with E-state index >= 15 is 0 Å². The molecule has 2 heterocycles. The average molecular weight is 204 g/mol. The Hall–Kier alpha value is -0.830. The normalized spacial score (nSPS) is 28.9. The molecule has 1 fully saturated rings. The monoisotopic (exact) mass is 204 g/mol. The molecule has 72 valence electrons. The molecule has 0 saturated heterocycles. The number of nitrogens with zero attached hydrogens (tertiary/aromatic N) is 2. The smallest absolute Gasteiger partial charge is 0.194 e. The third-order valence-electron chi connectivity index (χ3n) is 3.80. The van der Waals surface area contributed by atoms with Crippen molar-refractivity contribution in [3.8, 4) is 0 Å². The third-order valence-corrected chi connectivity index (χ3v) is 4.75. The Labute approximate surface area is 86.6 Å². The van der Waals surface area contributed by atoms with Crippen LogP contribution in [0, 0.1) is 6.92 Å². The zero-order valence-electron chi connectivity index (χ0n) is 8.16. The molecular formula is C11H12N2S. The number of hydrogen-bond donors (Lipinski definition) is 0. The molecule has 2 aliphatic carbocycles. The van der Waals surface area contributed by atoms with Crippen LogP contribution in [0.2, 0.25) is 0 Å². The lowest BCUT2D eigenvalue weighted by Crippen LogP contribution is -2.00. The van der Waals surface area contributed by atoms with Gasteiger partial charge in [-0.25, -0.2) is 4.98 Å². The van der Waals surface area contributed by atoms with Crippen molar-refractivity contribution in [2.75, 3.05) is 0 Å². The van der Waals surface area contributed by atoms with Crippen LogP contribution in [0.4, 0.5) is 0 Å². The summed E-state index contributed by atoms with van der Waals surface area (Å²) in [5.41, 5.74) is 4.34. The summed E-state index contributed by atoms with van der Waals surface area (Å²) in [7, 11) is 0. The lowest BCUT2D eigenvalue weighted by molar-refractivity contribution is 0.688. The number of aryl methyl sites for hydroxylation is 1. The minimum atomic E-state index is 0.793. The summed E-state index contributed by atoms with van der Waals surface area (Å²) < 4.78 is 2.39. The first-order valence-electron chi connectivity index (χ1n) is 5.31. The molecule has 1 saturated carbocycles. The lowest BCUT2D eigenvalue weighted by Gasteiger charge is -2.09. The van der Waals surface area contributed by atoms with Crippen LogP contribution < -0.4 is 0 Å². The van der Waals surface area contributed by atoms with Crippen molar-refractivity contribution < 1.29 is 0 Å². The van der Waals surface area contributed by atoms with Gasteiger partial charge in [-0.2, -0.15) is 0 Å². The molecule has 0 spiro atoms. The van der Waals surface area contributed by atoms with Crippen LogP contribution >= 0.6 is 11.3 Å². The fourth-order valence-electron chi connectivity index (χ4n) is 3.21. The minimum Gasteiger partial charge on any atom is -0.291 e. The highest BCUT2D eigenvalue weighted by molar-refractivity contribution is 7.15. The number of hydrogen-bond acceptors (Lipinski definition) is 2. The van der Waals surface area contributed by atoms with Crippen molar-refractivity contribution in [3.63, 3.8) is 0 Å². The average Bonchev–Trinajstić information content (AvgIpc) is 2.84. The molecule has 3 heteroatoms. The van der Waals surface area contributed by atoms with Gasteiger partial charge in [0.15, 0.2) is 4.96 Å². The molecule has 0 amide bonds. The van der Waals surface area contributed by atoms with Gasteiger partial charge in [0.05, 0.1) is 11.4 Å². The van der Waals surface area contributed by atoms with Gasteiger partial charge in [-0.1, -0.05) is 0 Å². The second kappa shape index (κ2) is 2.22. The van der Waals surface area contributed by atoms with Gasteiger partial charge < -0.3 is 0 Å². The van der Waals surface area contributed by atoms with E-state index in [0.717, 1.165) is 11.8 Å². The topological polar surface area (TPSA) is 17.3 Å². The van der Waals surface area contributed by atoms with Gasteiger partial charge in [-0.3, -0.25) is 4.40 Å².